The highest BCUT2D eigenvalue weighted by Gasteiger charge is 2.26. The van der Waals surface area contributed by atoms with Crippen LogP contribution >= 0.6 is 0 Å². The summed E-state index contributed by atoms with van der Waals surface area (Å²) in [5.41, 5.74) is 3.34. The Morgan fingerprint density at radius 3 is 2.93 bits per heavy atom. The van der Waals surface area contributed by atoms with Crippen molar-refractivity contribution in [3.63, 3.8) is 0 Å². The first-order valence-corrected chi connectivity index (χ1v) is 9.52. The zero-order valence-corrected chi connectivity index (χ0v) is 15.9. The lowest BCUT2D eigenvalue weighted by Crippen LogP contribution is -2.38. The van der Waals surface area contributed by atoms with E-state index < -0.39 is 0 Å². The van der Waals surface area contributed by atoms with Gasteiger partial charge in [-0.25, -0.2) is 4.98 Å². The number of aryl methyl sites for hydroxylation is 1. The molecule has 4 rings (SSSR count). The third kappa shape index (κ3) is 3.90. The van der Waals surface area contributed by atoms with Gasteiger partial charge in [-0.05, 0) is 30.5 Å². The Morgan fingerprint density at radius 2 is 2.18 bits per heavy atom. The van der Waals surface area contributed by atoms with E-state index in [1.165, 1.54) is 6.33 Å². The minimum atomic E-state index is 0.173. The van der Waals surface area contributed by atoms with Crippen molar-refractivity contribution in [2.75, 3.05) is 20.2 Å². The molecule has 3 aromatic rings. The molecule has 0 aliphatic carbocycles. The Hall–Kier alpha value is -3.16. The molecule has 8 nitrogen and oxygen atoms in total. The Kier molecular flexibility index (Phi) is 5.36. The van der Waals surface area contributed by atoms with Gasteiger partial charge >= 0.3 is 0 Å². The van der Waals surface area contributed by atoms with E-state index in [0.717, 1.165) is 48.5 Å². The lowest BCUT2D eigenvalue weighted by molar-refractivity contribution is -0.132. The van der Waals surface area contributed by atoms with Crippen LogP contribution in [-0.4, -0.2) is 56.0 Å². The maximum Gasteiger partial charge on any atom is 0.224 e. The Morgan fingerprint density at radius 1 is 1.32 bits per heavy atom. The molecular weight excluding hydrogens is 356 g/mol. The standard InChI is InChI=1S/C20H24N6O2/c1-28-17-4-2-3-16(11-17)18-12-22-24-20(18)15-5-8-25(9-6-15)19(27)7-10-26-14-21-13-23-26/h2-4,11-15H,5-10H2,1H3,(H,22,24). The molecule has 0 bridgehead atoms. The number of amides is 1. The fourth-order valence-corrected chi connectivity index (χ4v) is 3.76. The van der Waals surface area contributed by atoms with Crippen molar-refractivity contribution in [2.45, 2.75) is 31.7 Å². The second kappa shape index (κ2) is 8.24. The molecule has 0 saturated carbocycles. The first-order valence-electron chi connectivity index (χ1n) is 9.52. The molecule has 1 amide bonds. The second-order valence-electron chi connectivity index (χ2n) is 6.99. The molecule has 28 heavy (non-hydrogen) atoms. The molecule has 8 heteroatoms. The number of aromatic nitrogens is 5. The highest BCUT2D eigenvalue weighted by atomic mass is 16.5. The zero-order valence-electron chi connectivity index (χ0n) is 15.9. The lowest BCUT2D eigenvalue weighted by Gasteiger charge is -2.32. The normalized spacial score (nSPS) is 15.0. The topological polar surface area (TPSA) is 88.9 Å². The largest absolute Gasteiger partial charge is 0.497 e. The Labute approximate surface area is 163 Å². The van der Waals surface area contributed by atoms with Crippen LogP contribution in [0.25, 0.3) is 11.1 Å². The van der Waals surface area contributed by atoms with E-state index >= 15 is 0 Å². The molecule has 1 saturated heterocycles. The third-order valence-electron chi connectivity index (χ3n) is 5.33. The highest BCUT2D eigenvalue weighted by Crippen LogP contribution is 2.35. The molecular formula is C20H24N6O2. The number of rotatable bonds is 6. The zero-order chi connectivity index (χ0) is 19.3. The average molecular weight is 380 g/mol. The number of aromatic amines is 1. The van der Waals surface area contributed by atoms with Crippen molar-refractivity contribution < 1.29 is 9.53 Å². The molecule has 0 atom stereocenters. The number of carbonyl (C=O) groups excluding carboxylic acids is 1. The van der Waals surface area contributed by atoms with Crippen LogP contribution < -0.4 is 4.74 Å². The molecule has 1 fully saturated rings. The van der Waals surface area contributed by atoms with E-state index in [4.69, 9.17) is 4.74 Å². The number of hydrogen-bond acceptors (Lipinski definition) is 5. The summed E-state index contributed by atoms with van der Waals surface area (Å²) in [5.74, 6) is 1.37. The molecule has 146 valence electrons. The summed E-state index contributed by atoms with van der Waals surface area (Å²) < 4.78 is 7.03. The fraction of sp³-hybridized carbons (Fsp3) is 0.400. The summed E-state index contributed by atoms with van der Waals surface area (Å²) in [7, 11) is 1.67. The SMILES string of the molecule is COc1cccc(-c2cn[nH]c2C2CCN(C(=O)CCn3cncn3)CC2)c1. The minimum absolute atomic E-state index is 0.173. The Balaban J connectivity index is 1.38. The number of ether oxygens (including phenoxy) is 1. The van der Waals surface area contributed by atoms with Crippen LogP contribution in [0.4, 0.5) is 0 Å². The van der Waals surface area contributed by atoms with E-state index in [0.29, 0.717) is 18.9 Å². The van der Waals surface area contributed by atoms with Crippen LogP contribution in [0.15, 0.2) is 43.1 Å². The molecule has 0 radical (unpaired) electrons. The van der Waals surface area contributed by atoms with Gasteiger partial charge in [-0.15, -0.1) is 0 Å². The minimum Gasteiger partial charge on any atom is -0.497 e. The van der Waals surface area contributed by atoms with Gasteiger partial charge in [0.1, 0.15) is 18.4 Å². The van der Waals surface area contributed by atoms with Crippen molar-refractivity contribution in [3.05, 3.63) is 48.8 Å². The van der Waals surface area contributed by atoms with E-state index in [1.807, 2.05) is 29.3 Å². The maximum absolute atomic E-state index is 12.5. The predicted molar refractivity (Wildman–Crippen MR) is 104 cm³/mol. The monoisotopic (exact) mass is 380 g/mol. The lowest BCUT2D eigenvalue weighted by atomic mass is 9.89. The first-order chi connectivity index (χ1) is 13.7. The molecule has 2 aromatic heterocycles. The smallest absolute Gasteiger partial charge is 0.224 e. The average Bonchev–Trinajstić information content (AvgIpc) is 3.44. The summed E-state index contributed by atoms with van der Waals surface area (Å²) in [6.45, 7) is 2.09. The van der Waals surface area contributed by atoms with Crippen molar-refractivity contribution >= 4 is 5.91 Å². The van der Waals surface area contributed by atoms with E-state index in [2.05, 4.69) is 26.3 Å². The van der Waals surface area contributed by atoms with Crippen LogP contribution in [-0.2, 0) is 11.3 Å². The molecule has 0 unspecified atom stereocenters. The van der Waals surface area contributed by atoms with Crippen molar-refractivity contribution in [3.8, 4) is 16.9 Å². The number of hydrogen-bond donors (Lipinski definition) is 1. The fourth-order valence-electron chi connectivity index (χ4n) is 3.76. The maximum atomic E-state index is 12.5. The third-order valence-corrected chi connectivity index (χ3v) is 5.33. The van der Waals surface area contributed by atoms with Crippen LogP contribution in [0, 0.1) is 0 Å². The molecule has 1 aliphatic rings. The Bertz CT molecular complexity index is 912. The van der Waals surface area contributed by atoms with Gasteiger partial charge in [0.05, 0.1) is 19.9 Å². The molecule has 1 aromatic carbocycles. The summed E-state index contributed by atoms with van der Waals surface area (Å²) in [4.78, 5) is 18.3. The van der Waals surface area contributed by atoms with Gasteiger partial charge in [0.25, 0.3) is 0 Å². The van der Waals surface area contributed by atoms with Crippen LogP contribution in [0.1, 0.15) is 30.9 Å². The number of nitrogens with one attached hydrogen (secondary N) is 1. The molecule has 1 aliphatic heterocycles. The molecule has 0 spiro atoms. The van der Waals surface area contributed by atoms with E-state index in [-0.39, 0.29) is 5.91 Å². The summed E-state index contributed by atoms with van der Waals surface area (Å²) in [6.07, 6.45) is 7.30. The van der Waals surface area contributed by atoms with E-state index in [9.17, 15) is 4.79 Å². The summed E-state index contributed by atoms with van der Waals surface area (Å²) in [5, 5.41) is 11.5. The van der Waals surface area contributed by atoms with Crippen molar-refractivity contribution in [1.29, 1.82) is 0 Å². The predicted octanol–water partition coefficient (Wildman–Crippen LogP) is 2.47. The summed E-state index contributed by atoms with van der Waals surface area (Å²) >= 11 is 0. The van der Waals surface area contributed by atoms with Crippen molar-refractivity contribution in [1.82, 2.24) is 29.9 Å². The van der Waals surface area contributed by atoms with Gasteiger partial charge in [-0.2, -0.15) is 10.2 Å². The number of nitrogens with zero attached hydrogens (tertiary/aromatic N) is 5. The quantitative estimate of drug-likeness (QED) is 0.710. The highest BCUT2D eigenvalue weighted by molar-refractivity contribution is 5.76. The van der Waals surface area contributed by atoms with Gasteiger partial charge in [-0.3, -0.25) is 14.6 Å². The van der Waals surface area contributed by atoms with Crippen LogP contribution in [0.3, 0.4) is 0 Å². The first kappa shape index (κ1) is 18.2. The van der Waals surface area contributed by atoms with E-state index in [1.54, 1.807) is 18.1 Å². The number of carbonyl (C=O) groups is 1. The van der Waals surface area contributed by atoms with Gasteiger partial charge in [-0.1, -0.05) is 12.1 Å². The second-order valence-corrected chi connectivity index (χ2v) is 6.99. The molecule has 3 heterocycles. The van der Waals surface area contributed by atoms with Crippen LogP contribution in [0.5, 0.6) is 5.75 Å². The number of likely N-dealkylation sites (tertiary alicyclic amines) is 1. The van der Waals surface area contributed by atoms with Gasteiger partial charge < -0.3 is 9.64 Å². The van der Waals surface area contributed by atoms with Gasteiger partial charge in [0.2, 0.25) is 5.91 Å². The summed E-state index contributed by atoms with van der Waals surface area (Å²) in [6, 6.07) is 8.02. The number of H-pyrrole nitrogens is 1. The number of benzene rings is 1. The van der Waals surface area contributed by atoms with Crippen LogP contribution in [0.2, 0.25) is 0 Å². The van der Waals surface area contributed by atoms with Crippen molar-refractivity contribution in [2.24, 2.45) is 0 Å². The van der Waals surface area contributed by atoms with Gasteiger partial charge in [0, 0.05) is 36.7 Å². The number of methoxy groups -OCH3 is 1. The molecule has 1 N–H and O–H groups in total. The number of piperidine rings is 1. The van der Waals surface area contributed by atoms with Gasteiger partial charge in [0.15, 0.2) is 0 Å².